The molecule has 3 rings (SSSR count). The number of H-pyrrole nitrogens is 1. The Labute approximate surface area is 120 Å². The normalized spacial score (nSPS) is 10.9. The van der Waals surface area contributed by atoms with Crippen LogP contribution in [-0.4, -0.2) is 26.7 Å². The fraction of sp³-hybridized carbons (Fsp3) is 0.308. The Morgan fingerprint density at radius 2 is 2.30 bits per heavy atom. The van der Waals surface area contributed by atoms with Gasteiger partial charge in [-0.25, -0.2) is 4.98 Å². The standard InChI is InChI=1S/C13H15N5OS/c1-3-5-14-13-15-11(9-4-6-20-12(9)16-13)19-10-7-8(2)17-18-10/h4,6-7H,3,5H2,1-2H3,(H,17,18)(H,14,15,16). The van der Waals surface area contributed by atoms with Gasteiger partial charge < -0.3 is 10.1 Å². The van der Waals surface area contributed by atoms with Crippen LogP contribution >= 0.6 is 11.3 Å². The molecule has 0 bridgehead atoms. The second kappa shape index (κ2) is 5.46. The molecule has 7 heteroatoms. The van der Waals surface area contributed by atoms with E-state index < -0.39 is 0 Å². The predicted octanol–water partition coefficient (Wildman–Crippen LogP) is 3.34. The molecule has 0 aliphatic heterocycles. The molecule has 0 amide bonds. The first-order chi connectivity index (χ1) is 9.76. The quantitative estimate of drug-likeness (QED) is 0.753. The number of hydrogen-bond donors (Lipinski definition) is 2. The van der Waals surface area contributed by atoms with Gasteiger partial charge in [0.1, 0.15) is 4.83 Å². The zero-order valence-electron chi connectivity index (χ0n) is 11.3. The maximum atomic E-state index is 5.76. The van der Waals surface area contributed by atoms with E-state index in [2.05, 4.69) is 32.4 Å². The van der Waals surface area contributed by atoms with Crippen LogP contribution in [0.5, 0.6) is 11.8 Å². The Kier molecular flexibility index (Phi) is 3.51. The van der Waals surface area contributed by atoms with Crippen molar-refractivity contribution in [3.63, 3.8) is 0 Å². The number of fused-ring (bicyclic) bond motifs is 1. The first-order valence-corrected chi connectivity index (χ1v) is 7.33. The number of aryl methyl sites for hydroxylation is 1. The molecule has 0 saturated heterocycles. The van der Waals surface area contributed by atoms with Crippen LogP contribution in [0.4, 0.5) is 5.95 Å². The van der Waals surface area contributed by atoms with Crippen LogP contribution in [0.15, 0.2) is 17.5 Å². The smallest absolute Gasteiger partial charge is 0.240 e. The molecular formula is C13H15N5OS. The zero-order chi connectivity index (χ0) is 13.9. The molecule has 104 valence electrons. The number of anilines is 1. The Bertz CT molecular complexity index is 720. The maximum absolute atomic E-state index is 5.76. The van der Waals surface area contributed by atoms with E-state index in [9.17, 15) is 0 Å². The highest BCUT2D eigenvalue weighted by Crippen LogP contribution is 2.30. The predicted molar refractivity (Wildman–Crippen MR) is 79.6 cm³/mol. The van der Waals surface area contributed by atoms with Gasteiger partial charge >= 0.3 is 0 Å². The lowest BCUT2D eigenvalue weighted by Crippen LogP contribution is -2.04. The lowest BCUT2D eigenvalue weighted by atomic mass is 10.4. The van der Waals surface area contributed by atoms with E-state index in [1.165, 1.54) is 0 Å². The van der Waals surface area contributed by atoms with Crippen molar-refractivity contribution in [1.82, 2.24) is 20.2 Å². The van der Waals surface area contributed by atoms with E-state index in [-0.39, 0.29) is 0 Å². The molecule has 0 fully saturated rings. The van der Waals surface area contributed by atoms with E-state index in [0.29, 0.717) is 17.7 Å². The van der Waals surface area contributed by atoms with Crippen LogP contribution in [0, 0.1) is 6.92 Å². The van der Waals surface area contributed by atoms with Gasteiger partial charge in [0, 0.05) is 18.3 Å². The summed E-state index contributed by atoms with van der Waals surface area (Å²) >= 11 is 1.57. The van der Waals surface area contributed by atoms with Gasteiger partial charge in [0.2, 0.25) is 17.7 Å². The first kappa shape index (κ1) is 12.9. The maximum Gasteiger partial charge on any atom is 0.240 e. The Balaban J connectivity index is 1.96. The molecule has 2 N–H and O–H groups in total. The van der Waals surface area contributed by atoms with Gasteiger partial charge in [0.15, 0.2) is 0 Å². The molecule has 3 heterocycles. The van der Waals surface area contributed by atoms with Gasteiger partial charge in [-0.2, -0.15) is 4.98 Å². The molecular weight excluding hydrogens is 274 g/mol. The SMILES string of the molecule is CCCNc1nc(Oc2cc(C)[nH]n2)c2ccsc2n1. The van der Waals surface area contributed by atoms with Gasteiger partial charge in [-0.15, -0.1) is 16.4 Å². The minimum absolute atomic E-state index is 0.509. The van der Waals surface area contributed by atoms with Crippen molar-refractivity contribution in [1.29, 1.82) is 0 Å². The molecule has 0 atom stereocenters. The third-order valence-corrected chi connectivity index (χ3v) is 3.51. The van der Waals surface area contributed by atoms with Crippen molar-refractivity contribution in [2.45, 2.75) is 20.3 Å². The second-order valence-electron chi connectivity index (χ2n) is 4.41. The highest BCUT2D eigenvalue weighted by Gasteiger charge is 2.12. The van der Waals surface area contributed by atoms with Crippen molar-refractivity contribution in [3.05, 3.63) is 23.2 Å². The highest BCUT2D eigenvalue weighted by atomic mass is 32.1. The topological polar surface area (TPSA) is 75.7 Å². The summed E-state index contributed by atoms with van der Waals surface area (Å²) in [5.41, 5.74) is 0.944. The summed E-state index contributed by atoms with van der Waals surface area (Å²) in [6.07, 6.45) is 1.01. The monoisotopic (exact) mass is 289 g/mol. The summed E-state index contributed by atoms with van der Waals surface area (Å²) in [6, 6.07) is 3.79. The molecule has 3 aromatic rings. The molecule has 0 spiro atoms. The van der Waals surface area contributed by atoms with Crippen LogP contribution in [-0.2, 0) is 0 Å². The van der Waals surface area contributed by atoms with Crippen LogP contribution in [0.1, 0.15) is 19.0 Å². The van der Waals surface area contributed by atoms with E-state index in [0.717, 1.165) is 28.9 Å². The van der Waals surface area contributed by atoms with E-state index in [1.54, 1.807) is 11.3 Å². The zero-order valence-corrected chi connectivity index (χ0v) is 12.1. The number of aromatic amines is 1. The molecule has 0 aliphatic rings. The molecule has 0 unspecified atom stereocenters. The lowest BCUT2D eigenvalue weighted by Gasteiger charge is -2.06. The third-order valence-electron chi connectivity index (χ3n) is 2.71. The van der Waals surface area contributed by atoms with Crippen LogP contribution in [0.2, 0.25) is 0 Å². The summed E-state index contributed by atoms with van der Waals surface area (Å²) in [7, 11) is 0. The average molecular weight is 289 g/mol. The fourth-order valence-electron chi connectivity index (χ4n) is 1.77. The van der Waals surface area contributed by atoms with Gasteiger partial charge in [-0.1, -0.05) is 6.92 Å². The molecule has 0 radical (unpaired) electrons. The summed E-state index contributed by atoms with van der Waals surface area (Å²) in [4.78, 5) is 9.80. The summed E-state index contributed by atoms with van der Waals surface area (Å²) < 4.78 is 5.76. The number of aromatic nitrogens is 4. The van der Waals surface area contributed by atoms with Crippen LogP contribution in [0.3, 0.4) is 0 Å². The molecule has 20 heavy (non-hydrogen) atoms. The molecule has 3 aromatic heterocycles. The average Bonchev–Trinajstić information content (AvgIpc) is 3.05. The number of hydrogen-bond acceptors (Lipinski definition) is 6. The third kappa shape index (κ3) is 2.57. The number of ether oxygens (including phenoxy) is 1. The number of nitrogens with zero attached hydrogens (tertiary/aromatic N) is 3. The van der Waals surface area contributed by atoms with Crippen molar-refractivity contribution in [2.24, 2.45) is 0 Å². The second-order valence-corrected chi connectivity index (χ2v) is 5.30. The van der Waals surface area contributed by atoms with Crippen LogP contribution in [0.25, 0.3) is 10.2 Å². The molecule has 0 aliphatic carbocycles. The Hall–Kier alpha value is -2.15. The van der Waals surface area contributed by atoms with Crippen molar-refractivity contribution in [3.8, 4) is 11.8 Å². The van der Waals surface area contributed by atoms with Gasteiger partial charge in [-0.05, 0) is 24.8 Å². The van der Waals surface area contributed by atoms with Gasteiger partial charge in [-0.3, -0.25) is 5.10 Å². The van der Waals surface area contributed by atoms with Crippen LogP contribution < -0.4 is 10.1 Å². The summed E-state index contributed by atoms with van der Waals surface area (Å²) in [5, 5.41) is 13.0. The van der Waals surface area contributed by atoms with Crippen molar-refractivity contribution >= 4 is 27.5 Å². The Morgan fingerprint density at radius 3 is 3.05 bits per heavy atom. The summed E-state index contributed by atoms with van der Waals surface area (Å²) in [6.45, 7) is 4.85. The van der Waals surface area contributed by atoms with Gasteiger partial charge in [0.25, 0.3) is 0 Å². The lowest BCUT2D eigenvalue weighted by molar-refractivity contribution is 0.449. The van der Waals surface area contributed by atoms with Crippen molar-refractivity contribution in [2.75, 3.05) is 11.9 Å². The minimum atomic E-state index is 0.509. The van der Waals surface area contributed by atoms with Crippen molar-refractivity contribution < 1.29 is 4.74 Å². The number of thiophene rings is 1. The number of nitrogens with one attached hydrogen (secondary N) is 2. The van der Waals surface area contributed by atoms with E-state index in [1.807, 2.05) is 24.4 Å². The number of rotatable bonds is 5. The molecule has 0 saturated carbocycles. The van der Waals surface area contributed by atoms with E-state index in [4.69, 9.17) is 4.74 Å². The Morgan fingerprint density at radius 1 is 1.40 bits per heavy atom. The fourth-order valence-corrected chi connectivity index (χ4v) is 2.52. The highest BCUT2D eigenvalue weighted by molar-refractivity contribution is 7.16. The first-order valence-electron chi connectivity index (χ1n) is 6.45. The molecule has 0 aromatic carbocycles. The minimum Gasteiger partial charge on any atom is -0.418 e. The molecule has 6 nitrogen and oxygen atoms in total. The summed E-state index contributed by atoms with van der Waals surface area (Å²) in [5.74, 6) is 1.63. The van der Waals surface area contributed by atoms with Gasteiger partial charge in [0.05, 0.1) is 5.39 Å². The largest absolute Gasteiger partial charge is 0.418 e. The van der Waals surface area contributed by atoms with E-state index >= 15 is 0 Å².